The number of aryl methyl sites for hydroxylation is 2. The summed E-state index contributed by atoms with van der Waals surface area (Å²) in [6.45, 7) is 4.06. The number of hydrogen-bond donors (Lipinski definition) is 1. The molecule has 0 bridgehead atoms. The highest BCUT2D eigenvalue weighted by Crippen LogP contribution is 2.25. The van der Waals surface area contributed by atoms with E-state index in [-0.39, 0.29) is 0 Å². The Morgan fingerprint density at radius 2 is 2.12 bits per heavy atom. The van der Waals surface area contributed by atoms with Crippen LogP contribution in [0.2, 0.25) is 0 Å². The molecule has 3 rings (SSSR count). The van der Waals surface area contributed by atoms with Crippen LogP contribution in [0, 0.1) is 13.8 Å². The lowest BCUT2D eigenvalue weighted by molar-refractivity contribution is 0.990. The van der Waals surface area contributed by atoms with Crippen LogP contribution >= 0.6 is 0 Å². The van der Waals surface area contributed by atoms with E-state index in [0.29, 0.717) is 6.04 Å². The molecule has 88 valence electrons. The van der Waals surface area contributed by atoms with Crippen LogP contribution < -0.4 is 5.32 Å². The second-order valence-electron chi connectivity index (χ2n) is 4.71. The first-order chi connectivity index (χ1) is 8.22. The molecule has 4 nitrogen and oxygen atoms in total. The minimum atomic E-state index is 0.605. The number of anilines is 1. The Hall–Kier alpha value is -1.84. The third kappa shape index (κ3) is 2.16. The molecule has 1 aliphatic carbocycles. The monoisotopic (exact) mass is 228 g/mol. The average Bonchev–Trinajstić information content (AvgIpc) is 3.01. The number of aromatic nitrogens is 3. The van der Waals surface area contributed by atoms with Crippen LogP contribution in [0.4, 0.5) is 5.95 Å². The normalized spacial score (nSPS) is 14.9. The predicted octanol–water partition coefficient (Wildman–Crippen LogP) is 2.46. The number of imidazole rings is 1. The highest BCUT2D eigenvalue weighted by Gasteiger charge is 2.23. The Bertz CT molecular complexity index is 540. The van der Waals surface area contributed by atoms with Crippen LogP contribution in [0.15, 0.2) is 24.7 Å². The molecular formula is C13H16N4. The Morgan fingerprint density at radius 1 is 1.29 bits per heavy atom. The van der Waals surface area contributed by atoms with Gasteiger partial charge in [-0.3, -0.25) is 9.55 Å². The van der Waals surface area contributed by atoms with Crippen LogP contribution in [0.1, 0.15) is 24.1 Å². The topological polar surface area (TPSA) is 42.7 Å². The van der Waals surface area contributed by atoms with Crippen molar-refractivity contribution in [3.05, 3.63) is 35.9 Å². The summed E-state index contributed by atoms with van der Waals surface area (Å²) in [5.74, 6) is 0.928. The summed E-state index contributed by atoms with van der Waals surface area (Å²) in [5, 5.41) is 3.45. The molecule has 1 aliphatic rings. The Balaban J connectivity index is 2.00. The SMILES string of the molecule is Cc1cncc(-n2cc(C)nc2NC2CC2)c1. The van der Waals surface area contributed by atoms with Gasteiger partial charge >= 0.3 is 0 Å². The first kappa shape index (κ1) is 10.3. The second-order valence-corrected chi connectivity index (χ2v) is 4.71. The summed E-state index contributed by atoms with van der Waals surface area (Å²) in [6, 6.07) is 2.72. The quantitative estimate of drug-likeness (QED) is 0.877. The van der Waals surface area contributed by atoms with Gasteiger partial charge in [0.1, 0.15) is 0 Å². The van der Waals surface area contributed by atoms with Crippen LogP contribution in [0.25, 0.3) is 5.69 Å². The van der Waals surface area contributed by atoms with Crippen LogP contribution in [0.5, 0.6) is 0 Å². The standard InChI is InChI=1S/C13H16N4/c1-9-5-12(7-14-6-9)17-8-10(2)15-13(17)16-11-3-4-11/h5-8,11H,3-4H2,1-2H3,(H,15,16). The molecule has 0 unspecified atom stereocenters. The third-order valence-electron chi connectivity index (χ3n) is 2.88. The number of hydrogen-bond acceptors (Lipinski definition) is 3. The van der Waals surface area contributed by atoms with Crippen molar-refractivity contribution in [3.8, 4) is 5.69 Å². The summed E-state index contributed by atoms with van der Waals surface area (Å²) < 4.78 is 2.08. The van der Waals surface area contributed by atoms with Crippen LogP contribution in [0.3, 0.4) is 0 Å². The van der Waals surface area contributed by atoms with Gasteiger partial charge in [0, 0.05) is 18.4 Å². The minimum Gasteiger partial charge on any atom is -0.353 e. The zero-order valence-corrected chi connectivity index (χ0v) is 10.1. The molecule has 0 atom stereocenters. The van der Waals surface area contributed by atoms with Crippen LogP contribution in [-0.4, -0.2) is 20.6 Å². The first-order valence-electron chi connectivity index (χ1n) is 5.97. The molecule has 2 aromatic rings. The Kier molecular flexibility index (Phi) is 2.35. The zero-order chi connectivity index (χ0) is 11.8. The lowest BCUT2D eigenvalue weighted by Gasteiger charge is -2.08. The number of rotatable bonds is 3. The van der Waals surface area contributed by atoms with E-state index < -0.39 is 0 Å². The van der Waals surface area contributed by atoms with E-state index in [1.807, 2.05) is 32.4 Å². The van der Waals surface area contributed by atoms with Crippen molar-refractivity contribution in [1.29, 1.82) is 0 Å². The minimum absolute atomic E-state index is 0.605. The van der Waals surface area contributed by atoms with E-state index in [0.717, 1.165) is 22.9 Å². The molecule has 0 saturated heterocycles. The maximum Gasteiger partial charge on any atom is 0.208 e. The van der Waals surface area contributed by atoms with Crippen molar-refractivity contribution in [2.75, 3.05) is 5.32 Å². The van der Waals surface area contributed by atoms with Crippen molar-refractivity contribution in [2.45, 2.75) is 32.7 Å². The molecule has 0 spiro atoms. The Labute approximate surface area is 101 Å². The average molecular weight is 228 g/mol. The molecule has 0 amide bonds. The summed E-state index contributed by atoms with van der Waals surface area (Å²) in [6.07, 6.45) is 8.27. The van der Waals surface area contributed by atoms with Gasteiger partial charge in [-0.2, -0.15) is 0 Å². The Morgan fingerprint density at radius 3 is 2.82 bits per heavy atom. The van der Waals surface area contributed by atoms with Crippen molar-refractivity contribution < 1.29 is 0 Å². The van der Waals surface area contributed by atoms with E-state index >= 15 is 0 Å². The van der Waals surface area contributed by atoms with Gasteiger partial charge < -0.3 is 5.32 Å². The first-order valence-corrected chi connectivity index (χ1v) is 5.97. The van der Waals surface area contributed by atoms with Crippen molar-refractivity contribution in [2.24, 2.45) is 0 Å². The van der Waals surface area contributed by atoms with Gasteiger partial charge in [0.05, 0.1) is 17.6 Å². The summed E-state index contributed by atoms with van der Waals surface area (Å²) in [5.41, 5.74) is 3.25. The molecule has 2 heterocycles. The fourth-order valence-electron chi connectivity index (χ4n) is 1.88. The third-order valence-corrected chi connectivity index (χ3v) is 2.88. The number of pyridine rings is 1. The van der Waals surface area contributed by atoms with Crippen molar-refractivity contribution >= 4 is 5.95 Å². The highest BCUT2D eigenvalue weighted by molar-refractivity contribution is 5.44. The summed E-state index contributed by atoms with van der Waals surface area (Å²) in [7, 11) is 0. The fraction of sp³-hybridized carbons (Fsp3) is 0.385. The van der Waals surface area contributed by atoms with Crippen molar-refractivity contribution in [3.63, 3.8) is 0 Å². The molecule has 1 saturated carbocycles. The molecule has 4 heteroatoms. The van der Waals surface area contributed by atoms with Gasteiger partial charge in [0.25, 0.3) is 0 Å². The molecule has 0 aromatic carbocycles. The predicted molar refractivity (Wildman–Crippen MR) is 67.5 cm³/mol. The van der Waals surface area contributed by atoms with Gasteiger partial charge in [0.2, 0.25) is 5.95 Å². The maximum atomic E-state index is 4.52. The smallest absolute Gasteiger partial charge is 0.208 e. The summed E-state index contributed by atoms with van der Waals surface area (Å²) in [4.78, 5) is 8.75. The van der Waals surface area contributed by atoms with Gasteiger partial charge in [-0.15, -0.1) is 0 Å². The molecule has 0 radical (unpaired) electrons. The number of nitrogens with one attached hydrogen (secondary N) is 1. The molecule has 2 aromatic heterocycles. The lowest BCUT2D eigenvalue weighted by atomic mass is 10.3. The van der Waals surface area contributed by atoms with Crippen molar-refractivity contribution in [1.82, 2.24) is 14.5 Å². The van der Waals surface area contributed by atoms with E-state index in [1.165, 1.54) is 12.8 Å². The van der Waals surface area contributed by atoms with E-state index in [1.54, 1.807) is 0 Å². The van der Waals surface area contributed by atoms with E-state index in [2.05, 4.69) is 25.9 Å². The van der Waals surface area contributed by atoms with Gasteiger partial charge in [-0.25, -0.2) is 4.98 Å². The van der Waals surface area contributed by atoms with E-state index in [9.17, 15) is 0 Å². The lowest BCUT2D eigenvalue weighted by Crippen LogP contribution is -2.07. The van der Waals surface area contributed by atoms with Crippen LogP contribution in [-0.2, 0) is 0 Å². The molecule has 17 heavy (non-hydrogen) atoms. The maximum absolute atomic E-state index is 4.52. The van der Waals surface area contributed by atoms with Gasteiger partial charge in [-0.05, 0) is 38.3 Å². The molecule has 1 fully saturated rings. The van der Waals surface area contributed by atoms with E-state index in [4.69, 9.17) is 0 Å². The largest absolute Gasteiger partial charge is 0.353 e. The fourth-order valence-corrected chi connectivity index (χ4v) is 1.88. The summed E-state index contributed by atoms with van der Waals surface area (Å²) >= 11 is 0. The number of nitrogens with zero attached hydrogens (tertiary/aromatic N) is 3. The van der Waals surface area contributed by atoms with Gasteiger partial charge in [0.15, 0.2) is 0 Å². The molecule has 1 N–H and O–H groups in total. The molecule has 0 aliphatic heterocycles. The van der Waals surface area contributed by atoms with Gasteiger partial charge in [-0.1, -0.05) is 0 Å². The molecular weight excluding hydrogens is 212 g/mol. The highest BCUT2D eigenvalue weighted by atomic mass is 15.2. The second kappa shape index (κ2) is 3.87. The zero-order valence-electron chi connectivity index (χ0n) is 10.1.